The summed E-state index contributed by atoms with van der Waals surface area (Å²) < 4.78 is 5.64. The number of benzene rings is 2. The van der Waals surface area contributed by atoms with Crippen LogP contribution in [-0.2, 0) is 0 Å². The second-order valence-electron chi connectivity index (χ2n) is 4.59. The monoisotopic (exact) mass is 273 g/mol. The molecule has 0 aliphatic heterocycles. The average molecular weight is 273 g/mol. The fourth-order valence-electron chi connectivity index (χ4n) is 1.93. The molecule has 2 heteroatoms. The zero-order valence-electron chi connectivity index (χ0n) is 11.5. The predicted octanol–water partition coefficient (Wildman–Crippen LogP) is 5.02. The molecule has 21 heavy (non-hydrogen) atoms. The first-order valence-electron chi connectivity index (χ1n) is 6.82. The van der Waals surface area contributed by atoms with Crippen molar-refractivity contribution in [3.05, 3.63) is 89.6 Å². The number of aromatic nitrogens is 1. The van der Waals surface area contributed by atoms with E-state index in [1.165, 1.54) is 0 Å². The van der Waals surface area contributed by atoms with Crippen molar-refractivity contribution in [1.82, 2.24) is 4.98 Å². The van der Waals surface area contributed by atoms with Crippen LogP contribution in [0.5, 0.6) is 0 Å². The van der Waals surface area contributed by atoms with Crippen LogP contribution in [0.4, 0.5) is 0 Å². The molecule has 0 atom stereocenters. The third kappa shape index (κ3) is 3.80. The van der Waals surface area contributed by atoms with Gasteiger partial charge in [0.05, 0.1) is 6.20 Å². The Kier molecular flexibility index (Phi) is 4.08. The summed E-state index contributed by atoms with van der Waals surface area (Å²) in [6, 6.07) is 20.2. The van der Waals surface area contributed by atoms with E-state index in [0.29, 0.717) is 5.89 Å². The van der Waals surface area contributed by atoms with Crippen molar-refractivity contribution >= 4 is 24.3 Å². The first kappa shape index (κ1) is 13.1. The molecule has 0 spiro atoms. The Morgan fingerprint density at radius 2 is 1.24 bits per heavy atom. The predicted molar refractivity (Wildman–Crippen MR) is 87.2 cm³/mol. The van der Waals surface area contributed by atoms with Crippen LogP contribution < -0.4 is 0 Å². The first-order chi connectivity index (χ1) is 10.4. The zero-order valence-corrected chi connectivity index (χ0v) is 11.5. The molecule has 0 saturated heterocycles. The standard InChI is InChI=1S/C19H15NO/c1-3-7-16(8-4-1)11-13-18-15-20-19(21-18)14-12-17-9-5-2-6-10-17/h1-15H. The fourth-order valence-corrected chi connectivity index (χ4v) is 1.93. The summed E-state index contributed by atoms with van der Waals surface area (Å²) in [6.07, 6.45) is 9.50. The molecule has 0 bridgehead atoms. The smallest absolute Gasteiger partial charge is 0.219 e. The molecule has 1 heterocycles. The van der Waals surface area contributed by atoms with Crippen molar-refractivity contribution in [2.75, 3.05) is 0 Å². The normalized spacial score (nSPS) is 11.4. The molecule has 0 N–H and O–H groups in total. The molecule has 0 fully saturated rings. The molecule has 2 aromatic carbocycles. The lowest BCUT2D eigenvalue weighted by molar-refractivity contribution is 0.538. The van der Waals surface area contributed by atoms with Crippen LogP contribution in [0.25, 0.3) is 24.3 Å². The number of oxazole rings is 1. The highest BCUT2D eigenvalue weighted by Crippen LogP contribution is 2.12. The second-order valence-corrected chi connectivity index (χ2v) is 4.59. The summed E-state index contributed by atoms with van der Waals surface area (Å²) in [5.41, 5.74) is 2.26. The molecule has 2 nitrogen and oxygen atoms in total. The largest absolute Gasteiger partial charge is 0.437 e. The molecule has 3 rings (SSSR count). The molecule has 0 unspecified atom stereocenters. The van der Waals surface area contributed by atoms with Gasteiger partial charge < -0.3 is 4.42 Å². The van der Waals surface area contributed by atoms with Crippen molar-refractivity contribution < 1.29 is 4.42 Å². The van der Waals surface area contributed by atoms with E-state index >= 15 is 0 Å². The molecule has 1 aromatic heterocycles. The van der Waals surface area contributed by atoms with Gasteiger partial charge in [-0.1, -0.05) is 66.7 Å². The topological polar surface area (TPSA) is 26.0 Å². The Morgan fingerprint density at radius 3 is 1.86 bits per heavy atom. The van der Waals surface area contributed by atoms with Crippen molar-refractivity contribution in [1.29, 1.82) is 0 Å². The van der Waals surface area contributed by atoms with Crippen LogP contribution >= 0.6 is 0 Å². The summed E-state index contributed by atoms with van der Waals surface area (Å²) >= 11 is 0. The number of hydrogen-bond acceptors (Lipinski definition) is 2. The van der Waals surface area contributed by atoms with Crippen LogP contribution in [-0.4, -0.2) is 4.98 Å². The van der Waals surface area contributed by atoms with Gasteiger partial charge in [-0.3, -0.25) is 0 Å². The third-order valence-corrected chi connectivity index (χ3v) is 3.00. The van der Waals surface area contributed by atoms with Gasteiger partial charge in [-0.05, 0) is 23.3 Å². The van der Waals surface area contributed by atoms with Gasteiger partial charge in [0.2, 0.25) is 5.89 Å². The maximum Gasteiger partial charge on any atom is 0.219 e. The Hall–Kier alpha value is -2.87. The van der Waals surface area contributed by atoms with Crippen LogP contribution in [0.2, 0.25) is 0 Å². The Bertz CT molecular complexity index is 676. The molecule has 102 valence electrons. The molecule has 0 amide bonds. The van der Waals surface area contributed by atoms with E-state index in [1.807, 2.05) is 85.0 Å². The van der Waals surface area contributed by atoms with Crippen molar-refractivity contribution in [3.8, 4) is 0 Å². The van der Waals surface area contributed by atoms with Crippen molar-refractivity contribution in [3.63, 3.8) is 0 Å². The van der Waals surface area contributed by atoms with Gasteiger partial charge in [-0.2, -0.15) is 0 Å². The summed E-state index contributed by atoms with van der Waals surface area (Å²) in [7, 11) is 0. The zero-order chi connectivity index (χ0) is 14.3. The van der Waals surface area contributed by atoms with Crippen molar-refractivity contribution in [2.45, 2.75) is 0 Å². The number of rotatable bonds is 4. The van der Waals surface area contributed by atoms with Gasteiger partial charge in [0, 0.05) is 6.08 Å². The van der Waals surface area contributed by atoms with E-state index in [1.54, 1.807) is 6.20 Å². The Balaban J connectivity index is 1.69. The van der Waals surface area contributed by atoms with E-state index in [9.17, 15) is 0 Å². The van der Waals surface area contributed by atoms with Gasteiger partial charge >= 0.3 is 0 Å². The van der Waals surface area contributed by atoms with Gasteiger partial charge in [0.25, 0.3) is 0 Å². The van der Waals surface area contributed by atoms with E-state index < -0.39 is 0 Å². The Labute approximate surface area is 124 Å². The molecule has 0 saturated carbocycles. The molecule has 0 radical (unpaired) electrons. The van der Waals surface area contributed by atoms with E-state index in [4.69, 9.17) is 4.42 Å². The quantitative estimate of drug-likeness (QED) is 0.667. The minimum atomic E-state index is 0.603. The lowest BCUT2D eigenvalue weighted by atomic mass is 10.2. The fraction of sp³-hybridized carbons (Fsp3) is 0. The van der Waals surface area contributed by atoms with Gasteiger partial charge in [-0.15, -0.1) is 0 Å². The van der Waals surface area contributed by atoms with Crippen LogP contribution in [0.3, 0.4) is 0 Å². The van der Waals surface area contributed by atoms with Gasteiger partial charge in [0.15, 0.2) is 0 Å². The van der Waals surface area contributed by atoms with Crippen LogP contribution in [0.15, 0.2) is 71.3 Å². The highest BCUT2D eigenvalue weighted by atomic mass is 16.3. The highest BCUT2D eigenvalue weighted by molar-refractivity contribution is 5.69. The third-order valence-electron chi connectivity index (χ3n) is 3.00. The molecule has 3 aromatic rings. The average Bonchev–Trinajstić information content (AvgIpc) is 3.01. The van der Waals surface area contributed by atoms with E-state index in [2.05, 4.69) is 4.98 Å². The molecular weight excluding hydrogens is 258 g/mol. The number of hydrogen-bond donors (Lipinski definition) is 0. The lowest BCUT2D eigenvalue weighted by Gasteiger charge is -1.90. The summed E-state index contributed by atoms with van der Waals surface area (Å²) in [5.74, 6) is 1.35. The highest BCUT2D eigenvalue weighted by Gasteiger charge is 1.97. The van der Waals surface area contributed by atoms with E-state index in [-0.39, 0.29) is 0 Å². The molecule has 0 aliphatic rings. The van der Waals surface area contributed by atoms with Crippen LogP contribution in [0, 0.1) is 0 Å². The molecule has 0 aliphatic carbocycles. The van der Waals surface area contributed by atoms with Gasteiger partial charge in [0.1, 0.15) is 5.76 Å². The van der Waals surface area contributed by atoms with Crippen LogP contribution in [0.1, 0.15) is 22.8 Å². The maximum atomic E-state index is 5.64. The minimum absolute atomic E-state index is 0.603. The summed E-state index contributed by atoms with van der Waals surface area (Å²) in [6.45, 7) is 0. The first-order valence-corrected chi connectivity index (χ1v) is 6.82. The lowest BCUT2D eigenvalue weighted by Crippen LogP contribution is -1.70. The Morgan fingerprint density at radius 1 is 0.667 bits per heavy atom. The van der Waals surface area contributed by atoms with E-state index in [0.717, 1.165) is 16.9 Å². The molecular formula is C19H15NO. The summed E-state index contributed by atoms with van der Waals surface area (Å²) in [4.78, 5) is 4.24. The number of nitrogens with zero attached hydrogens (tertiary/aromatic N) is 1. The van der Waals surface area contributed by atoms with Crippen molar-refractivity contribution in [2.24, 2.45) is 0 Å². The SMILES string of the molecule is C(=Cc1cnc(C=Cc2ccccc2)o1)c1ccccc1. The minimum Gasteiger partial charge on any atom is -0.437 e. The maximum absolute atomic E-state index is 5.64. The summed E-state index contributed by atoms with van der Waals surface area (Å²) in [5, 5.41) is 0. The van der Waals surface area contributed by atoms with Gasteiger partial charge in [-0.25, -0.2) is 4.98 Å². The second kappa shape index (κ2) is 6.53.